The highest BCUT2D eigenvalue weighted by Gasteiger charge is 2.44. The van der Waals surface area contributed by atoms with E-state index in [0.29, 0.717) is 22.3 Å². The molecule has 0 amide bonds. The molecule has 1 unspecified atom stereocenters. The lowest BCUT2D eigenvalue weighted by atomic mass is 9.75. The number of nitrogens with zero attached hydrogens (tertiary/aromatic N) is 5. The van der Waals surface area contributed by atoms with Crippen LogP contribution in [0.2, 0.25) is 10.2 Å². The molecule has 5 heterocycles. The predicted molar refractivity (Wildman–Crippen MR) is 118 cm³/mol. The molecular weight excluding hydrogens is 445 g/mol. The molecule has 1 spiro atoms. The Morgan fingerprint density at radius 1 is 1.20 bits per heavy atom. The fraction of sp³-hybridized carbons (Fsp3) is 0.421. The number of pyridine rings is 1. The first-order chi connectivity index (χ1) is 14.5. The lowest BCUT2D eigenvalue weighted by molar-refractivity contribution is 0.131. The van der Waals surface area contributed by atoms with Crippen LogP contribution in [0.5, 0.6) is 0 Å². The number of fused-ring (bicyclic) bond motifs is 1. The molecule has 0 bridgehead atoms. The van der Waals surface area contributed by atoms with Crippen LogP contribution in [0.25, 0.3) is 5.65 Å². The standard InChI is InChI=1S/C19H21Cl2N7OS/c20-15-11(7-14(23)26-16(15)21)30-12-8-25-18(28-6-3-24-17(12)28)27-4-1-19(2-5-27)10-29-9-13(19)22/h3,6-8,13H,1-2,4-5,9-10,22H2,(H2,23,26). The third-order valence-corrected chi connectivity index (χ3v) is 7.93. The van der Waals surface area contributed by atoms with Gasteiger partial charge in [0.05, 0.1) is 23.1 Å². The Hall–Kier alpha value is -1.78. The molecule has 0 radical (unpaired) electrons. The molecule has 30 heavy (non-hydrogen) atoms. The Kier molecular flexibility index (Phi) is 5.19. The summed E-state index contributed by atoms with van der Waals surface area (Å²) in [5.41, 5.74) is 13.0. The molecule has 0 aromatic carbocycles. The van der Waals surface area contributed by atoms with Gasteiger partial charge in [0.15, 0.2) is 10.8 Å². The van der Waals surface area contributed by atoms with Crippen molar-refractivity contribution in [2.45, 2.75) is 28.7 Å². The van der Waals surface area contributed by atoms with Crippen molar-refractivity contribution in [2.24, 2.45) is 11.1 Å². The first-order valence-electron chi connectivity index (χ1n) is 9.66. The maximum atomic E-state index is 6.32. The van der Waals surface area contributed by atoms with Crippen molar-refractivity contribution in [1.82, 2.24) is 19.4 Å². The number of nitrogen functional groups attached to an aromatic ring is 1. The largest absolute Gasteiger partial charge is 0.384 e. The quantitative estimate of drug-likeness (QED) is 0.567. The van der Waals surface area contributed by atoms with Crippen LogP contribution in [0.4, 0.5) is 11.8 Å². The number of hydrogen-bond donors (Lipinski definition) is 2. The average Bonchev–Trinajstić information content (AvgIpc) is 3.35. The van der Waals surface area contributed by atoms with E-state index >= 15 is 0 Å². The minimum atomic E-state index is 0.0949. The molecule has 2 fully saturated rings. The topological polar surface area (TPSA) is 108 Å². The molecule has 2 aliphatic rings. The van der Waals surface area contributed by atoms with Gasteiger partial charge in [-0.1, -0.05) is 35.0 Å². The molecule has 0 aliphatic carbocycles. The van der Waals surface area contributed by atoms with Gasteiger partial charge in [0.25, 0.3) is 0 Å². The molecule has 1 atom stereocenters. The van der Waals surface area contributed by atoms with E-state index in [0.717, 1.165) is 49.0 Å². The van der Waals surface area contributed by atoms with Crippen molar-refractivity contribution in [3.05, 3.63) is 34.8 Å². The summed E-state index contributed by atoms with van der Waals surface area (Å²) in [4.78, 5) is 17.1. The van der Waals surface area contributed by atoms with Gasteiger partial charge in [-0.25, -0.2) is 15.0 Å². The van der Waals surface area contributed by atoms with Crippen molar-refractivity contribution < 1.29 is 4.74 Å². The van der Waals surface area contributed by atoms with Crippen molar-refractivity contribution in [3.8, 4) is 0 Å². The van der Waals surface area contributed by atoms with Crippen LogP contribution < -0.4 is 16.4 Å². The molecule has 158 valence electrons. The molecule has 4 N–H and O–H groups in total. The van der Waals surface area contributed by atoms with E-state index < -0.39 is 0 Å². The van der Waals surface area contributed by atoms with Crippen molar-refractivity contribution in [1.29, 1.82) is 0 Å². The zero-order valence-corrected chi connectivity index (χ0v) is 18.4. The Morgan fingerprint density at radius 2 is 2.00 bits per heavy atom. The Bertz CT molecular complexity index is 1100. The highest BCUT2D eigenvalue weighted by Crippen LogP contribution is 2.41. The van der Waals surface area contributed by atoms with E-state index in [9.17, 15) is 0 Å². The number of piperidine rings is 1. The van der Waals surface area contributed by atoms with Gasteiger partial charge >= 0.3 is 0 Å². The summed E-state index contributed by atoms with van der Waals surface area (Å²) >= 11 is 13.8. The van der Waals surface area contributed by atoms with Gasteiger partial charge in [-0.05, 0) is 18.9 Å². The van der Waals surface area contributed by atoms with Crippen LogP contribution in [0.3, 0.4) is 0 Å². The maximum Gasteiger partial charge on any atom is 0.211 e. The van der Waals surface area contributed by atoms with Gasteiger partial charge in [0.1, 0.15) is 5.82 Å². The average molecular weight is 466 g/mol. The summed E-state index contributed by atoms with van der Waals surface area (Å²) < 4.78 is 7.64. The molecule has 3 aromatic heterocycles. The van der Waals surface area contributed by atoms with E-state index in [1.165, 1.54) is 11.8 Å². The van der Waals surface area contributed by atoms with Gasteiger partial charge in [0, 0.05) is 48.0 Å². The Labute approximate surface area is 187 Å². The highest BCUT2D eigenvalue weighted by atomic mass is 35.5. The van der Waals surface area contributed by atoms with Gasteiger partial charge in [0.2, 0.25) is 5.95 Å². The number of rotatable bonds is 3. The zero-order valence-electron chi connectivity index (χ0n) is 16.1. The minimum Gasteiger partial charge on any atom is -0.384 e. The lowest BCUT2D eigenvalue weighted by Crippen LogP contribution is -2.49. The SMILES string of the molecule is Nc1cc(Sc2cnc(N3CCC4(CC3)COCC4N)n3ccnc23)c(Cl)c(Cl)n1. The second-order valence-electron chi connectivity index (χ2n) is 7.77. The fourth-order valence-corrected chi connectivity index (χ4v) is 5.63. The van der Waals surface area contributed by atoms with Crippen molar-refractivity contribution >= 4 is 52.4 Å². The van der Waals surface area contributed by atoms with Crippen molar-refractivity contribution in [2.75, 3.05) is 36.9 Å². The van der Waals surface area contributed by atoms with E-state index in [4.69, 9.17) is 44.4 Å². The first kappa shape index (κ1) is 20.1. The van der Waals surface area contributed by atoms with E-state index in [1.54, 1.807) is 12.3 Å². The summed E-state index contributed by atoms with van der Waals surface area (Å²) in [5, 5.41) is 0.542. The number of hydrogen-bond acceptors (Lipinski definition) is 8. The number of ether oxygens (including phenoxy) is 1. The number of imidazole rings is 1. The third-order valence-electron chi connectivity index (χ3n) is 6.01. The smallest absolute Gasteiger partial charge is 0.211 e. The molecule has 2 aliphatic heterocycles. The molecule has 11 heteroatoms. The van der Waals surface area contributed by atoms with Crippen molar-refractivity contribution in [3.63, 3.8) is 0 Å². The summed E-state index contributed by atoms with van der Waals surface area (Å²) in [6.07, 6.45) is 7.50. The van der Waals surface area contributed by atoms with E-state index in [2.05, 4.69) is 14.9 Å². The lowest BCUT2D eigenvalue weighted by Gasteiger charge is -2.41. The minimum absolute atomic E-state index is 0.0949. The summed E-state index contributed by atoms with van der Waals surface area (Å²) in [6.45, 7) is 3.17. The van der Waals surface area contributed by atoms with Crippen LogP contribution in [-0.4, -0.2) is 51.7 Å². The molecule has 2 saturated heterocycles. The zero-order chi connectivity index (χ0) is 20.9. The molecular formula is C19H21Cl2N7OS. The van der Waals surface area contributed by atoms with Crippen LogP contribution in [-0.2, 0) is 4.74 Å². The molecule has 0 saturated carbocycles. The summed E-state index contributed by atoms with van der Waals surface area (Å²) in [6, 6.07) is 1.81. The summed E-state index contributed by atoms with van der Waals surface area (Å²) in [5.74, 6) is 1.18. The van der Waals surface area contributed by atoms with Gasteiger partial charge in [-0.15, -0.1) is 0 Å². The molecule has 3 aromatic rings. The molecule has 5 rings (SSSR count). The second-order valence-corrected chi connectivity index (χ2v) is 9.59. The second kappa shape index (κ2) is 7.72. The van der Waals surface area contributed by atoms with Gasteiger partial charge in [-0.3, -0.25) is 4.40 Å². The summed E-state index contributed by atoms with van der Waals surface area (Å²) in [7, 11) is 0. The van der Waals surface area contributed by atoms with Gasteiger partial charge in [-0.2, -0.15) is 0 Å². The van der Waals surface area contributed by atoms with Crippen LogP contribution in [0.15, 0.2) is 34.4 Å². The van der Waals surface area contributed by atoms with E-state index in [1.807, 2.05) is 16.8 Å². The molecule has 8 nitrogen and oxygen atoms in total. The number of aromatic nitrogens is 4. The third kappa shape index (κ3) is 3.38. The first-order valence-corrected chi connectivity index (χ1v) is 11.2. The fourth-order valence-electron chi connectivity index (χ4n) is 4.22. The maximum absolute atomic E-state index is 6.32. The monoisotopic (exact) mass is 465 g/mol. The highest BCUT2D eigenvalue weighted by molar-refractivity contribution is 7.99. The van der Waals surface area contributed by atoms with Crippen LogP contribution >= 0.6 is 35.0 Å². The number of nitrogens with two attached hydrogens (primary N) is 2. The van der Waals surface area contributed by atoms with E-state index in [-0.39, 0.29) is 16.6 Å². The predicted octanol–water partition coefficient (Wildman–Crippen LogP) is 3.11. The van der Waals surface area contributed by atoms with Crippen LogP contribution in [0, 0.1) is 5.41 Å². The van der Waals surface area contributed by atoms with Crippen LogP contribution in [0.1, 0.15) is 12.8 Å². The van der Waals surface area contributed by atoms with Gasteiger partial charge < -0.3 is 21.1 Å². The number of anilines is 2. The Morgan fingerprint density at radius 3 is 2.73 bits per heavy atom. The Balaban J connectivity index is 1.43. The normalized spacial score (nSPS) is 21.0. The number of halogens is 2.